The van der Waals surface area contributed by atoms with Crippen molar-refractivity contribution in [3.8, 4) is 5.75 Å². The van der Waals surface area contributed by atoms with E-state index in [1.165, 1.54) is 6.20 Å². The molecule has 1 aromatic heterocycles. The van der Waals surface area contributed by atoms with Gasteiger partial charge in [-0.15, -0.1) is 0 Å². The molecule has 0 unspecified atom stereocenters. The number of imidazole rings is 1. The van der Waals surface area contributed by atoms with Crippen LogP contribution in [0.1, 0.15) is 21.9 Å². The van der Waals surface area contributed by atoms with Gasteiger partial charge in [-0.25, -0.2) is 9.78 Å². The van der Waals surface area contributed by atoms with Crippen LogP contribution < -0.4 is 4.74 Å². The summed E-state index contributed by atoms with van der Waals surface area (Å²) in [5.74, 6) is 0.228. The quantitative estimate of drug-likeness (QED) is 0.845. The number of carbonyl (C=O) groups is 1. The van der Waals surface area contributed by atoms with Crippen LogP contribution in [0.15, 0.2) is 30.5 Å². The summed E-state index contributed by atoms with van der Waals surface area (Å²) < 4.78 is 5.53. The molecule has 2 rings (SSSR count). The van der Waals surface area contributed by atoms with Crippen LogP contribution in [0, 0.1) is 6.92 Å². The lowest BCUT2D eigenvalue weighted by molar-refractivity contribution is 0.0691. The largest absolute Gasteiger partial charge is 0.485 e. The molecule has 0 amide bonds. The monoisotopic (exact) mass is 232 g/mol. The summed E-state index contributed by atoms with van der Waals surface area (Å²) in [6.45, 7) is 2.16. The van der Waals surface area contributed by atoms with Gasteiger partial charge in [-0.1, -0.05) is 18.2 Å². The van der Waals surface area contributed by atoms with Gasteiger partial charge in [0.1, 0.15) is 23.9 Å². The van der Waals surface area contributed by atoms with Crippen molar-refractivity contribution in [2.45, 2.75) is 13.5 Å². The second-order valence-corrected chi connectivity index (χ2v) is 3.60. The summed E-state index contributed by atoms with van der Waals surface area (Å²) in [4.78, 5) is 17.2. The number of nitrogens with one attached hydrogen (secondary N) is 1. The van der Waals surface area contributed by atoms with Crippen LogP contribution in [0.25, 0.3) is 0 Å². The van der Waals surface area contributed by atoms with Crippen LogP contribution in [0.4, 0.5) is 0 Å². The number of hydrogen-bond acceptors (Lipinski definition) is 3. The fourth-order valence-corrected chi connectivity index (χ4v) is 1.41. The lowest BCUT2D eigenvalue weighted by Gasteiger charge is -2.06. The van der Waals surface area contributed by atoms with Gasteiger partial charge in [0.2, 0.25) is 0 Å². The molecule has 0 bridgehead atoms. The zero-order valence-electron chi connectivity index (χ0n) is 9.30. The van der Waals surface area contributed by atoms with Crippen molar-refractivity contribution in [3.05, 3.63) is 47.5 Å². The first-order valence-electron chi connectivity index (χ1n) is 5.12. The average Bonchev–Trinajstić information content (AvgIpc) is 2.77. The Bertz CT molecular complexity index is 534. The Morgan fingerprint density at radius 1 is 1.47 bits per heavy atom. The van der Waals surface area contributed by atoms with Gasteiger partial charge < -0.3 is 14.8 Å². The second-order valence-electron chi connectivity index (χ2n) is 3.60. The highest BCUT2D eigenvalue weighted by Crippen LogP contribution is 2.17. The second kappa shape index (κ2) is 4.69. The highest BCUT2D eigenvalue weighted by molar-refractivity contribution is 5.84. The van der Waals surface area contributed by atoms with Crippen molar-refractivity contribution in [1.82, 2.24) is 9.97 Å². The summed E-state index contributed by atoms with van der Waals surface area (Å²) >= 11 is 0. The zero-order valence-corrected chi connectivity index (χ0v) is 9.30. The molecule has 0 aliphatic carbocycles. The van der Waals surface area contributed by atoms with Crippen molar-refractivity contribution in [1.29, 1.82) is 0 Å². The van der Waals surface area contributed by atoms with E-state index < -0.39 is 5.97 Å². The zero-order chi connectivity index (χ0) is 12.3. The summed E-state index contributed by atoms with van der Waals surface area (Å²) in [5, 5.41) is 8.72. The van der Waals surface area contributed by atoms with E-state index in [-0.39, 0.29) is 12.3 Å². The molecule has 0 spiro atoms. The van der Waals surface area contributed by atoms with Crippen LogP contribution in [0.5, 0.6) is 5.75 Å². The molecule has 17 heavy (non-hydrogen) atoms. The van der Waals surface area contributed by atoms with Crippen LogP contribution in [0.3, 0.4) is 0 Å². The van der Waals surface area contributed by atoms with Gasteiger partial charge in [0.15, 0.2) is 0 Å². The Morgan fingerprint density at radius 3 is 2.88 bits per heavy atom. The fraction of sp³-hybridized carbons (Fsp3) is 0.167. The van der Waals surface area contributed by atoms with E-state index in [9.17, 15) is 4.79 Å². The van der Waals surface area contributed by atoms with Crippen LogP contribution in [-0.2, 0) is 6.61 Å². The predicted molar refractivity (Wildman–Crippen MR) is 61.1 cm³/mol. The van der Waals surface area contributed by atoms with Crippen molar-refractivity contribution < 1.29 is 14.6 Å². The van der Waals surface area contributed by atoms with E-state index in [0.717, 1.165) is 11.3 Å². The van der Waals surface area contributed by atoms with Gasteiger partial charge in [-0.2, -0.15) is 0 Å². The number of aromatic nitrogens is 2. The van der Waals surface area contributed by atoms with E-state index in [1.807, 2.05) is 31.2 Å². The molecule has 0 radical (unpaired) electrons. The molecule has 0 saturated heterocycles. The molecule has 1 heterocycles. The minimum Gasteiger partial charge on any atom is -0.485 e. The van der Waals surface area contributed by atoms with Gasteiger partial charge in [-0.05, 0) is 18.6 Å². The van der Waals surface area contributed by atoms with Crippen LogP contribution >= 0.6 is 0 Å². The van der Waals surface area contributed by atoms with E-state index in [4.69, 9.17) is 9.84 Å². The Balaban J connectivity index is 2.02. The minimum absolute atomic E-state index is 0.0633. The molecule has 0 aliphatic rings. The third kappa shape index (κ3) is 2.63. The lowest BCUT2D eigenvalue weighted by Crippen LogP contribution is -2.00. The number of hydrogen-bond donors (Lipinski definition) is 2. The highest BCUT2D eigenvalue weighted by Gasteiger charge is 2.07. The maximum absolute atomic E-state index is 10.6. The van der Waals surface area contributed by atoms with Gasteiger partial charge in [0, 0.05) is 0 Å². The number of aromatic carboxylic acids is 1. The van der Waals surface area contributed by atoms with E-state index in [0.29, 0.717) is 5.82 Å². The molecule has 88 valence electrons. The molecule has 1 aromatic carbocycles. The summed E-state index contributed by atoms with van der Waals surface area (Å²) in [6.07, 6.45) is 1.28. The minimum atomic E-state index is -1.03. The fourth-order valence-electron chi connectivity index (χ4n) is 1.41. The normalized spacial score (nSPS) is 10.2. The molecule has 0 saturated carbocycles. The van der Waals surface area contributed by atoms with Crippen molar-refractivity contribution in [2.75, 3.05) is 0 Å². The first-order chi connectivity index (χ1) is 8.16. The maximum Gasteiger partial charge on any atom is 0.353 e. The van der Waals surface area contributed by atoms with Crippen molar-refractivity contribution in [3.63, 3.8) is 0 Å². The highest BCUT2D eigenvalue weighted by atomic mass is 16.5. The molecule has 5 nitrogen and oxygen atoms in total. The number of carboxylic acid groups (broad SMARTS) is 1. The van der Waals surface area contributed by atoms with Gasteiger partial charge >= 0.3 is 5.97 Å². The summed E-state index contributed by atoms with van der Waals surface area (Å²) in [6, 6.07) is 7.61. The molecule has 0 aliphatic heterocycles. The van der Waals surface area contributed by atoms with Gasteiger partial charge in [0.05, 0.1) is 6.20 Å². The van der Waals surface area contributed by atoms with Crippen molar-refractivity contribution >= 4 is 5.97 Å². The number of aryl methyl sites for hydroxylation is 1. The lowest BCUT2D eigenvalue weighted by atomic mass is 10.2. The van der Waals surface area contributed by atoms with E-state index in [2.05, 4.69) is 9.97 Å². The third-order valence-corrected chi connectivity index (χ3v) is 2.32. The average molecular weight is 232 g/mol. The Kier molecular flexibility index (Phi) is 3.09. The van der Waals surface area contributed by atoms with Crippen LogP contribution in [0.2, 0.25) is 0 Å². The standard InChI is InChI=1S/C12H12N2O3/c1-8-4-2-3-5-10(8)17-7-11-13-6-9(14-11)12(15)16/h2-6H,7H2,1H3,(H,13,14)(H,15,16). The molecule has 0 fully saturated rings. The summed E-state index contributed by atoms with van der Waals surface area (Å²) in [7, 11) is 0. The number of para-hydroxylation sites is 1. The topological polar surface area (TPSA) is 75.2 Å². The number of H-pyrrole nitrogens is 1. The molecular weight excluding hydrogens is 220 g/mol. The smallest absolute Gasteiger partial charge is 0.353 e. The summed E-state index contributed by atoms with van der Waals surface area (Å²) in [5.41, 5.74) is 1.09. The number of ether oxygens (including phenoxy) is 1. The first kappa shape index (κ1) is 11.2. The third-order valence-electron chi connectivity index (χ3n) is 2.32. The first-order valence-corrected chi connectivity index (χ1v) is 5.12. The SMILES string of the molecule is Cc1ccccc1OCc1ncc(C(=O)O)[nH]1. The molecule has 2 aromatic rings. The van der Waals surface area contributed by atoms with E-state index >= 15 is 0 Å². The van der Waals surface area contributed by atoms with Crippen LogP contribution in [-0.4, -0.2) is 21.0 Å². The molecule has 5 heteroatoms. The number of carboxylic acids is 1. The molecular formula is C12H12N2O3. The Hall–Kier alpha value is -2.30. The number of benzene rings is 1. The molecule has 0 atom stereocenters. The number of rotatable bonds is 4. The number of aromatic amines is 1. The van der Waals surface area contributed by atoms with Gasteiger partial charge in [0.25, 0.3) is 0 Å². The Labute approximate surface area is 98.1 Å². The van der Waals surface area contributed by atoms with E-state index in [1.54, 1.807) is 0 Å². The predicted octanol–water partition coefficient (Wildman–Crippen LogP) is 2.00. The molecule has 2 N–H and O–H groups in total. The van der Waals surface area contributed by atoms with Gasteiger partial charge in [-0.3, -0.25) is 0 Å². The van der Waals surface area contributed by atoms with Crippen molar-refractivity contribution in [2.24, 2.45) is 0 Å². The number of nitrogens with zero attached hydrogens (tertiary/aromatic N) is 1. The Morgan fingerprint density at radius 2 is 2.24 bits per heavy atom. The maximum atomic E-state index is 10.6.